The predicted octanol–water partition coefficient (Wildman–Crippen LogP) is 1.62. The van der Waals surface area contributed by atoms with E-state index in [0.717, 1.165) is 31.6 Å². The van der Waals surface area contributed by atoms with Crippen LogP contribution >= 0.6 is 0 Å². The van der Waals surface area contributed by atoms with Gasteiger partial charge in [-0.15, -0.1) is 0 Å². The molecule has 0 amide bonds. The number of aliphatic hydroxyl groups excluding tert-OH is 1. The lowest BCUT2D eigenvalue weighted by Gasteiger charge is -2.37. The van der Waals surface area contributed by atoms with Crippen molar-refractivity contribution in [2.75, 3.05) is 32.1 Å². The Kier molecular flexibility index (Phi) is 4.57. The van der Waals surface area contributed by atoms with E-state index in [4.69, 9.17) is 0 Å². The monoisotopic (exact) mass is 279 g/mol. The second-order valence-corrected chi connectivity index (χ2v) is 5.41. The number of benzene rings is 1. The highest BCUT2D eigenvalue weighted by atomic mass is 16.6. The molecule has 2 rings (SSSR count). The Morgan fingerprint density at radius 2 is 2.05 bits per heavy atom. The van der Waals surface area contributed by atoms with E-state index in [9.17, 15) is 15.2 Å². The second kappa shape index (κ2) is 6.19. The molecule has 6 nitrogen and oxygen atoms in total. The lowest BCUT2D eigenvalue weighted by molar-refractivity contribution is -0.384. The number of hydrogen-bond acceptors (Lipinski definition) is 5. The Morgan fingerprint density at radius 1 is 1.40 bits per heavy atom. The molecule has 0 bridgehead atoms. The zero-order valence-electron chi connectivity index (χ0n) is 12.0. The summed E-state index contributed by atoms with van der Waals surface area (Å²) in [4.78, 5) is 14.8. The van der Waals surface area contributed by atoms with Crippen molar-refractivity contribution in [2.24, 2.45) is 0 Å². The number of aliphatic hydroxyl groups is 1. The van der Waals surface area contributed by atoms with Gasteiger partial charge in [0.2, 0.25) is 0 Å². The molecule has 1 aromatic rings. The number of anilines is 1. The minimum absolute atomic E-state index is 0.0287. The van der Waals surface area contributed by atoms with Crippen molar-refractivity contribution in [3.63, 3.8) is 0 Å². The van der Waals surface area contributed by atoms with E-state index in [1.54, 1.807) is 6.07 Å². The van der Waals surface area contributed by atoms with Gasteiger partial charge in [-0.1, -0.05) is 0 Å². The molecule has 1 aliphatic heterocycles. The highest BCUT2D eigenvalue weighted by Gasteiger charge is 2.23. The molecule has 1 fully saturated rings. The molecule has 110 valence electrons. The Bertz CT molecular complexity index is 483. The van der Waals surface area contributed by atoms with Crippen molar-refractivity contribution in [3.8, 4) is 0 Å². The molecule has 0 atom stereocenters. The second-order valence-electron chi connectivity index (χ2n) is 5.41. The van der Waals surface area contributed by atoms with Crippen LogP contribution in [0.4, 0.5) is 11.4 Å². The number of non-ortho nitro benzene ring substituents is 1. The van der Waals surface area contributed by atoms with Crippen molar-refractivity contribution in [1.82, 2.24) is 4.90 Å². The van der Waals surface area contributed by atoms with Crippen molar-refractivity contribution in [1.29, 1.82) is 0 Å². The highest BCUT2D eigenvalue weighted by molar-refractivity contribution is 5.58. The van der Waals surface area contributed by atoms with Gasteiger partial charge in [-0.2, -0.15) is 0 Å². The fourth-order valence-corrected chi connectivity index (χ4v) is 2.74. The molecule has 0 saturated carbocycles. The summed E-state index contributed by atoms with van der Waals surface area (Å²) in [6.07, 6.45) is 2.13. The van der Waals surface area contributed by atoms with E-state index in [0.29, 0.717) is 11.6 Å². The SMILES string of the molecule is CN(C)C1CCN(c2ccc([N+](=O)[O-])cc2CO)CC1. The van der Waals surface area contributed by atoms with Crippen LogP contribution in [0.15, 0.2) is 18.2 Å². The Morgan fingerprint density at radius 3 is 2.55 bits per heavy atom. The van der Waals surface area contributed by atoms with Gasteiger partial charge in [0.1, 0.15) is 0 Å². The lowest BCUT2D eigenvalue weighted by atomic mass is 10.0. The van der Waals surface area contributed by atoms with Crippen LogP contribution in [0.3, 0.4) is 0 Å². The maximum absolute atomic E-state index is 10.8. The molecular formula is C14H21N3O3. The third kappa shape index (κ3) is 3.08. The summed E-state index contributed by atoms with van der Waals surface area (Å²) in [6, 6.07) is 5.31. The zero-order chi connectivity index (χ0) is 14.7. The topological polar surface area (TPSA) is 69.9 Å². The largest absolute Gasteiger partial charge is 0.392 e. The summed E-state index contributed by atoms with van der Waals surface area (Å²) in [5.74, 6) is 0. The van der Waals surface area contributed by atoms with E-state index in [1.807, 2.05) is 0 Å². The molecule has 0 aliphatic carbocycles. The first-order valence-corrected chi connectivity index (χ1v) is 6.82. The van der Waals surface area contributed by atoms with Crippen LogP contribution in [-0.4, -0.2) is 48.2 Å². The fraction of sp³-hybridized carbons (Fsp3) is 0.571. The van der Waals surface area contributed by atoms with E-state index < -0.39 is 4.92 Å². The molecule has 0 unspecified atom stereocenters. The smallest absolute Gasteiger partial charge is 0.269 e. The number of piperidine rings is 1. The summed E-state index contributed by atoms with van der Waals surface area (Å²) in [5, 5.41) is 20.2. The predicted molar refractivity (Wildman–Crippen MR) is 77.9 cm³/mol. The van der Waals surface area contributed by atoms with Gasteiger partial charge in [0.25, 0.3) is 5.69 Å². The van der Waals surface area contributed by atoms with E-state index in [2.05, 4.69) is 23.9 Å². The van der Waals surface area contributed by atoms with Crippen molar-refractivity contribution < 1.29 is 10.0 Å². The van der Waals surface area contributed by atoms with Gasteiger partial charge in [-0.3, -0.25) is 10.1 Å². The molecule has 1 saturated heterocycles. The van der Waals surface area contributed by atoms with E-state index >= 15 is 0 Å². The molecule has 0 spiro atoms. The van der Waals surface area contributed by atoms with Gasteiger partial charge < -0.3 is 14.9 Å². The molecule has 6 heteroatoms. The van der Waals surface area contributed by atoms with E-state index in [-0.39, 0.29) is 12.3 Å². The Labute approximate surface area is 118 Å². The minimum atomic E-state index is -0.429. The zero-order valence-corrected chi connectivity index (χ0v) is 12.0. The Hall–Kier alpha value is -1.66. The molecule has 1 aromatic carbocycles. The highest BCUT2D eigenvalue weighted by Crippen LogP contribution is 2.28. The van der Waals surface area contributed by atoms with Gasteiger partial charge in [0.05, 0.1) is 11.5 Å². The van der Waals surface area contributed by atoms with Crippen LogP contribution in [-0.2, 0) is 6.61 Å². The normalized spacial score (nSPS) is 16.7. The first-order chi connectivity index (χ1) is 9.52. The van der Waals surface area contributed by atoms with Crippen LogP contribution in [0.1, 0.15) is 18.4 Å². The number of nitro benzene ring substituents is 1. The fourth-order valence-electron chi connectivity index (χ4n) is 2.74. The molecule has 0 aromatic heterocycles. The third-order valence-electron chi connectivity index (χ3n) is 3.98. The first-order valence-electron chi connectivity index (χ1n) is 6.82. The summed E-state index contributed by atoms with van der Waals surface area (Å²) in [5.41, 5.74) is 1.57. The van der Waals surface area contributed by atoms with Crippen LogP contribution in [0.5, 0.6) is 0 Å². The van der Waals surface area contributed by atoms with Gasteiger partial charge in [-0.05, 0) is 33.0 Å². The maximum Gasteiger partial charge on any atom is 0.269 e. The Balaban J connectivity index is 2.15. The molecular weight excluding hydrogens is 258 g/mol. The van der Waals surface area contributed by atoms with Crippen molar-refractivity contribution in [2.45, 2.75) is 25.5 Å². The standard InChI is InChI=1S/C14H21N3O3/c1-15(2)12-5-7-16(8-6-12)14-4-3-13(17(19)20)9-11(14)10-18/h3-4,9,12,18H,5-8,10H2,1-2H3. The number of rotatable bonds is 4. The van der Waals surface area contributed by atoms with Crippen LogP contribution < -0.4 is 4.90 Å². The lowest BCUT2D eigenvalue weighted by Crippen LogP contribution is -2.42. The summed E-state index contributed by atoms with van der Waals surface area (Å²) >= 11 is 0. The first kappa shape index (κ1) is 14.7. The molecule has 1 N–H and O–H groups in total. The van der Waals surface area contributed by atoms with Crippen molar-refractivity contribution in [3.05, 3.63) is 33.9 Å². The van der Waals surface area contributed by atoms with Crippen LogP contribution in [0, 0.1) is 10.1 Å². The molecule has 20 heavy (non-hydrogen) atoms. The minimum Gasteiger partial charge on any atom is -0.392 e. The molecule has 1 heterocycles. The summed E-state index contributed by atoms with van der Waals surface area (Å²) in [6.45, 7) is 1.64. The number of nitro groups is 1. The molecule has 1 aliphatic rings. The quantitative estimate of drug-likeness (QED) is 0.670. The average Bonchev–Trinajstić information content (AvgIpc) is 2.46. The van der Waals surface area contributed by atoms with Gasteiger partial charge in [-0.25, -0.2) is 0 Å². The van der Waals surface area contributed by atoms with E-state index in [1.165, 1.54) is 12.1 Å². The van der Waals surface area contributed by atoms with Gasteiger partial charge in [0.15, 0.2) is 0 Å². The van der Waals surface area contributed by atoms with Crippen LogP contribution in [0.2, 0.25) is 0 Å². The van der Waals surface area contributed by atoms with Crippen LogP contribution in [0.25, 0.3) is 0 Å². The van der Waals surface area contributed by atoms with Gasteiger partial charge in [0, 0.05) is 42.5 Å². The summed E-state index contributed by atoms with van der Waals surface area (Å²) in [7, 11) is 4.18. The third-order valence-corrected chi connectivity index (χ3v) is 3.98. The van der Waals surface area contributed by atoms with Crippen molar-refractivity contribution >= 4 is 11.4 Å². The molecule has 0 radical (unpaired) electrons. The maximum atomic E-state index is 10.8. The summed E-state index contributed by atoms with van der Waals surface area (Å²) < 4.78 is 0. The average molecular weight is 279 g/mol. The number of hydrogen-bond donors (Lipinski definition) is 1. The number of nitrogens with zero attached hydrogens (tertiary/aromatic N) is 3. The van der Waals surface area contributed by atoms with Gasteiger partial charge >= 0.3 is 0 Å².